The molecule has 0 saturated heterocycles. The lowest BCUT2D eigenvalue weighted by molar-refractivity contribution is 0.227. The van der Waals surface area contributed by atoms with E-state index in [4.69, 9.17) is 49.6 Å². The molecule has 0 amide bonds. The normalized spacial score (nSPS) is 11.7. The first-order valence-corrected chi connectivity index (χ1v) is 9.31. The second-order valence-corrected chi connectivity index (χ2v) is 7.04. The Morgan fingerprint density at radius 2 is 1.76 bits per heavy atom. The molecule has 7 nitrogen and oxygen atoms in total. The molecule has 0 bridgehead atoms. The maximum atomic E-state index is 8.52. The molecule has 0 saturated carbocycles. The third kappa shape index (κ3) is 4.36. The van der Waals surface area contributed by atoms with Crippen molar-refractivity contribution in [2.24, 2.45) is 0 Å². The molecule has 0 spiro atoms. The predicted molar refractivity (Wildman–Crippen MR) is 115 cm³/mol. The van der Waals surface area contributed by atoms with Crippen molar-refractivity contribution in [2.75, 3.05) is 18.6 Å². The fourth-order valence-electron chi connectivity index (χ4n) is 2.83. The van der Waals surface area contributed by atoms with E-state index in [0.29, 0.717) is 49.7 Å². The third-order valence-corrected chi connectivity index (χ3v) is 4.87. The second kappa shape index (κ2) is 8.55. The van der Waals surface area contributed by atoms with Crippen LogP contribution in [0, 0.1) is 5.41 Å². The third-order valence-electron chi connectivity index (χ3n) is 4.26. The zero-order valence-corrected chi connectivity index (χ0v) is 17.3. The van der Waals surface area contributed by atoms with Crippen LogP contribution in [-0.2, 0) is 0 Å². The number of methoxy groups -OCH3 is 1. The predicted octanol–water partition coefficient (Wildman–Crippen LogP) is 4.51. The highest BCUT2D eigenvalue weighted by Crippen LogP contribution is 2.33. The van der Waals surface area contributed by atoms with Crippen molar-refractivity contribution < 1.29 is 9.47 Å². The highest BCUT2D eigenvalue weighted by Gasteiger charge is 2.18. The van der Waals surface area contributed by atoms with Crippen molar-refractivity contribution in [2.45, 2.75) is 13.0 Å². The number of hydrogen-bond acceptors (Lipinski definition) is 7. The van der Waals surface area contributed by atoms with Crippen LogP contribution in [0.25, 0.3) is 0 Å². The minimum atomic E-state index is -0.443. The molecule has 1 aromatic carbocycles. The highest BCUT2D eigenvalue weighted by molar-refractivity contribution is 6.35. The lowest BCUT2D eigenvalue weighted by atomic mass is 10.0. The molecule has 0 aliphatic carbocycles. The number of nitrogens with zero attached hydrogens (tertiary/aromatic N) is 2. The summed E-state index contributed by atoms with van der Waals surface area (Å²) in [5, 5.41) is 9.35. The number of ether oxygens (including phenoxy) is 2. The number of halogens is 2. The number of anilines is 2. The van der Waals surface area contributed by atoms with E-state index in [0.717, 1.165) is 0 Å². The van der Waals surface area contributed by atoms with Gasteiger partial charge in [0.1, 0.15) is 11.9 Å². The Morgan fingerprint density at radius 1 is 1.07 bits per heavy atom. The average molecular weight is 432 g/mol. The van der Waals surface area contributed by atoms with Gasteiger partial charge in [0, 0.05) is 41.0 Å². The van der Waals surface area contributed by atoms with Gasteiger partial charge in [0.25, 0.3) is 0 Å². The van der Waals surface area contributed by atoms with Gasteiger partial charge in [-0.05, 0) is 31.2 Å². The molecule has 2 heterocycles. The minimum Gasteiger partial charge on any atom is -0.486 e. The Bertz CT molecular complexity index is 1050. The Kier molecular flexibility index (Phi) is 6.10. The fraction of sp³-hybridized carbons (Fsp3) is 0.150. The first-order valence-electron chi connectivity index (χ1n) is 8.55. The second-order valence-electron chi connectivity index (χ2n) is 6.22. The van der Waals surface area contributed by atoms with Gasteiger partial charge in [-0.25, -0.2) is 4.98 Å². The summed E-state index contributed by atoms with van der Waals surface area (Å²) in [6.45, 7) is 1.82. The molecule has 2 aromatic heterocycles. The van der Waals surface area contributed by atoms with Crippen LogP contribution in [0.5, 0.6) is 11.6 Å². The summed E-state index contributed by atoms with van der Waals surface area (Å²) in [6, 6.07) is 6.67. The lowest BCUT2D eigenvalue weighted by Crippen LogP contribution is -2.09. The number of benzene rings is 1. The zero-order valence-electron chi connectivity index (χ0n) is 15.7. The van der Waals surface area contributed by atoms with Crippen molar-refractivity contribution in [1.82, 2.24) is 9.97 Å². The Labute approximate surface area is 178 Å². The van der Waals surface area contributed by atoms with Crippen LogP contribution in [0.1, 0.15) is 29.7 Å². The summed E-state index contributed by atoms with van der Waals surface area (Å²) in [4.78, 5) is 8.05. The monoisotopic (exact) mass is 431 g/mol. The fourth-order valence-corrected chi connectivity index (χ4v) is 3.50. The molecule has 3 aromatic rings. The lowest BCUT2D eigenvalue weighted by Gasteiger charge is -2.18. The molecule has 3 rings (SSSR count). The van der Waals surface area contributed by atoms with Gasteiger partial charge in [-0.3, -0.25) is 10.4 Å². The van der Waals surface area contributed by atoms with E-state index in [9.17, 15) is 0 Å². The first kappa shape index (κ1) is 20.7. The number of nitrogens with one attached hydrogen (secondary N) is 1. The summed E-state index contributed by atoms with van der Waals surface area (Å²) in [6.07, 6.45) is 4.08. The molecule has 0 aliphatic rings. The molecule has 5 N–H and O–H groups in total. The van der Waals surface area contributed by atoms with Crippen molar-refractivity contribution in [1.29, 1.82) is 5.41 Å². The van der Waals surface area contributed by atoms with E-state index in [-0.39, 0.29) is 5.71 Å². The highest BCUT2D eigenvalue weighted by atomic mass is 35.5. The molecule has 0 unspecified atom stereocenters. The van der Waals surface area contributed by atoms with Crippen LogP contribution in [0.15, 0.2) is 42.9 Å². The maximum Gasteiger partial charge on any atom is 0.236 e. The number of nitrogen functional groups attached to an aromatic ring is 2. The van der Waals surface area contributed by atoms with Crippen LogP contribution in [0.4, 0.5) is 11.4 Å². The molecule has 0 radical (unpaired) electrons. The van der Waals surface area contributed by atoms with E-state index >= 15 is 0 Å². The van der Waals surface area contributed by atoms with Crippen LogP contribution in [0.3, 0.4) is 0 Å². The molecule has 1 atom stereocenters. The van der Waals surface area contributed by atoms with Crippen molar-refractivity contribution >= 4 is 40.3 Å². The number of hydrogen-bond donors (Lipinski definition) is 3. The minimum absolute atomic E-state index is 0.155. The van der Waals surface area contributed by atoms with Crippen LogP contribution in [-0.4, -0.2) is 22.8 Å². The largest absolute Gasteiger partial charge is 0.486 e. The standard InChI is InChI=1S/C20H19Cl2N5O2/c1-10(18-14(21)8-26-9-15(18)22)29-12-3-4-16(23)13(6-12)19(25)11-5-17(24)20(28-2)27-7-11/h3-10,25H,23-24H2,1-2H3/t10-/m1/s1. The Morgan fingerprint density at radius 3 is 2.38 bits per heavy atom. The van der Waals surface area contributed by atoms with Gasteiger partial charge in [0.2, 0.25) is 5.88 Å². The van der Waals surface area contributed by atoms with Gasteiger partial charge in [0.05, 0.1) is 28.6 Å². The van der Waals surface area contributed by atoms with Crippen LogP contribution in [0.2, 0.25) is 10.0 Å². The van der Waals surface area contributed by atoms with Crippen molar-refractivity contribution in [3.05, 3.63) is 69.6 Å². The van der Waals surface area contributed by atoms with E-state index < -0.39 is 6.10 Å². The zero-order chi connectivity index (χ0) is 21.1. The van der Waals surface area contributed by atoms with Gasteiger partial charge in [0.15, 0.2) is 0 Å². The molecular formula is C20H19Cl2N5O2. The maximum absolute atomic E-state index is 8.52. The summed E-state index contributed by atoms with van der Waals surface area (Å²) in [5.74, 6) is 0.802. The van der Waals surface area contributed by atoms with E-state index in [1.165, 1.54) is 25.7 Å². The SMILES string of the molecule is COc1ncc(C(=N)c2cc(O[C@H](C)c3c(Cl)cncc3Cl)ccc2N)cc1N. The average Bonchev–Trinajstić information content (AvgIpc) is 2.68. The summed E-state index contributed by atoms with van der Waals surface area (Å²) in [7, 11) is 1.48. The first-order chi connectivity index (χ1) is 13.8. The number of aromatic nitrogens is 2. The van der Waals surface area contributed by atoms with Gasteiger partial charge in [-0.2, -0.15) is 0 Å². The van der Waals surface area contributed by atoms with Gasteiger partial charge in [-0.15, -0.1) is 0 Å². The summed E-state index contributed by atoms with van der Waals surface area (Å²) in [5.41, 5.74) is 14.5. The summed E-state index contributed by atoms with van der Waals surface area (Å²) < 4.78 is 11.1. The molecular weight excluding hydrogens is 413 g/mol. The topological polar surface area (TPSA) is 120 Å². The molecule has 150 valence electrons. The van der Waals surface area contributed by atoms with Gasteiger partial charge < -0.3 is 20.9 Å². The van der Waals surface area contributed by atoms with Crippen LogP contribution >= 0.6 is 23.2 Å². The Hall–Kier alpha value is -3.03. The van der Waals surface area contributed by atoms with E-state index in [2.05, 4.69) is 9.97 Å². The van der Waals surface area contributed by atoms with Gasteiger partial charge in [-0.1, -0.05) is 23.2 Å². The molecule has 0 fully saturated rings. The summed E-state index contributed by atoms with van der Waals surface area (Å²) >= 11 is 12.4. The molecule has 0 aliphatic heterocycles. The van der Waals surface area contributed by atoms with Crippen molar-refractivity contribution in [3.63, 3.8) is 0 Å². The smallest absolute Gasteiger partial charge is 0.236 e. The molecule has 29 heavy (non-hydrogen) atoms. The van der Waals surface area contributed by atoms with E-state index in [1.54, 1.807) is 24.3 Å². The number of nitrogens with two attached hydrogens (primary N) is 2. The number of pyridine rings is 2. The van der Waals surface area contributed by atoms with Crippen LogP contribution < -0.4 is 20.9 Å². The quantitative estimate of drug-likeness (QED) is 0.389. The Balaban J connectivity index is 1.90. The molecule has 9 heteroatoms. The van der Waals surface area contributed by atoms with Gasteiger partial charge >= 0.3 is 0 Å². The van der Waals surface area contributed by atoms with E-state index in [1.807, 2.05) is 6.92 Å². The number of rotatable bonds is 6. The van der Waals surface area contributed by atoms with Crippen molar-refractivity contribution in [3.8, 4) is 11.6 Å².